The van der Waals surface area contributed by atoms with Crippen LogP contribution in [0.2, 0.25) is 0 Å². The maximum atomic E-state index is 13.1. The highest BCUT2D eigenvalue weighted by molar-refractivity contribution is 7.92. The molecule has 0 N–H and O–H groups in total. The molecule has 0 spiro atoms. The molecule has 0 aliphatic carbocycles. The number of alkyl halides is 3. The van der Waals surface area contributed by atoms with Crippen LogP contribution in [-0.4, -0.2) is 33.3 Å². The van der Waals surface area contributed by atoms with Gasteiger partial charge in [0.15, 0.2) is 0 Å². The molecule has 0 heterocycles. The molecule has 3 aromatic rings. The number of hydrogen-bond acceptors (Lipinski definition) is 3. The van der Waals surface area contributed by atoms with Crippen LogP contribution >= 0.6 is 0 Å². The van der Waals surface area contributed by atoms with E-state index < -0.39 is 27.7 Å². The van der Waals surface area contributed by atoms with Gasteiger partial charge in [-0.2, -0.15) is 13.2 Å². The van der Waals surface area contributed by atoms with Crippen LogP contribution in [0.3, 0.4) is 0 Å². The molecule has 1 amide bonds. The lowest BCUT2D eigenvalue weighted by atomic mass is 10.1. The van der Waals surface area contributed by atoms with Crippen molar-refractivity contribution >= 4 is 21.6 Å². The van der Waals surface area contributed by atoms with E-state index in [1.165, 1.54) is 55.4 Å². The van der Waals surface area contributed by atoms with Crippen LogP contribution in [0, 0.1) is 6.92 Å². The van der Waals surface area contributed by atoms with Gasteiger partial charge in [0.25, 0.3) is 15.9 Å². The molecule has 0 unspecified atom stereocenters. The Bertz CT molecular complexity index is 1240. The molecule has 0 radical (unpaired) electrons. The van der Waals surface area contributed by atoms with Crippen molar-refractivity contribution in [3.63, 3.8) is 0 Å². The van der Waals surface area contributed by atoms with Crippen LogP contribution in [0.4, 0.5) is 18.9 Å². The Balaban J connectivity index is 1.79. The zero-order valence-electron chi connectivity index (χ0n) is 18.3. The van der Waals surface area contributed by atoms with E-state index in [1.807, 2.05) is 6.92 Å². The van der Waals surface area contributed by atoms with Gasteiger partial charge in [0, 0.05) is 26.2 Å². The van der Waals surface area contributed by atoms with Crippen LogP contribution < -0.4 is 4.31 Å². The van der Waals surface area contributed by atoms with Gasteiger partial charge >= 0.3 is 6.18 Å². The van der Waals surface area contributed by atoms with E-state index in [0.717, 1.165) is 22.0 Å². The number of benzene rings is 3. The molecular weight excluding hydrogens is 453 g/mol. The highest BCUT2D eigenvalue weighted by atomic mass is 32.2. The van der Waals surface area contributed by atoms with Gasteiger partial charge in [0.1, 0.15) is 0 Å². The van der Waals surface area contributed by atoms with Crippen LogP contribution in [0.25, 0.3) is 0 Å². The SMILES string of the molecule is Cc1ccc(N(C)S(=O)(=O)c2cccc(C(=O)N(C)Cc3ccc(C(F)(F)F)cc3)c2)cc1. The first kappa shape index (κ1) is 24.3. The van der Waals surface area contributed by atoms with E-state index >= 15 is 0 Å². The highest BCUT2D eigenvalue weighted by Gasteiger charge is 2.30. The Morgan fingerprint density at radius 3 is 2.09 bits per heavy atom. The van der Waals surface area contributed by atoms with Crippen molar-refractivity contribution in [3.8, 4) is 0 Å². The van der Waals surface area contributed by atoms with Crippen LogP contribution in [-0.2, 0) is 22.7 Å². The first-order chi connectivity index (χ1) is 15.4. The predicted molar refractivity (Wildman–Crippen MR) is 120 cm³/mol. The summed E-state index contributed by atoms with van der Waals surface area (Å²) in [5, 5.41) is 0. The lowest BCUT2D eigenvalue weighted by molar-refractivity contribution is -0.137. The van der Waals surface area contributed by atoms with Gasteiger partial charge in [-0.05, 0) is 55.0 Å². The van der Waals surface area contributed by atoms with Crippen LogP contribution in [0.5, 0.6) is 0 Å². The summed E-state index contributed by atoms with van der Waals surface area (Å²) < 4.78 is 65.5. The van der Waals surface area contributed by atoms with E-state index in [9.17, 15) is 26.4 Å². The monoisotopic (exact) mass is 476 g/mol. The quantitative estimate of drug-likeness (QED) is 0.497. The van der Waals surface area contributed by atoms with Gasteiger partial charge in [-0.15, -0.1) is 0 Å². The molecule has 3 rings (SSSR count). The average Bonchev–Trinajstić information content (AvgIpc) is 2.78. The van der Waals surface area contributed by atoms with E-state index in [0.29, 0.717) is 11.3 Å². The summed E-state index contributed by atoms with van der Waals surface area (Å²) in [5.74, 6) is -0.454. The van der Waals surface area contributed by atoms with Crippen molar-refractivity contribution in [3.05, 3.63) is 95.1 Å². The van der Waals surface area contributed by atoms with E-state index in [4.69, 9.17) is 0 Å². The molecule has 0 aromatic heterocycles. The normalized spacial score (nSPS) is 11.8. The number of nitrogens with zero attached hydrogens (tertiary/aromatic N) is 2. The summed E-state index contributed by atoms with van der Waals surface area (Å²) in [6.45, 7) is 1.96. The van der Waals surface area contributed by atoms with Crippen molar-refractivity contribution in [1.82, 2.24) is 4.90 Å². The number of carbonyl (C=O) groups is 1. The first-order valence-electron chi connectivity index (χ1n) is 9.97. The zero-order valence-corrected chi connectivity index (χ0v) is 19.1. The van der Waals surface area contributed by atoms with Crippen molar-refractivity contribution in [1.29, 1.82) is 0 Å². The largest absolute Gasteiger partial charge is 0.416 e. The summed E-state index contributed by atoms with van der Waals surface area (Å²) >= 11 is 0. The Morgan fingerprint density at radius 2 is 1.52 bits per heavy atom. The molecule has 3 aromatic carbocycles. The fourth-order valence-electron chi connectivity index (χ4n) is 3.21. The third-order valence-corrected chi connectivity index (χ3v) is 6.97. The lowest BCUT2D eigenvalue weighted by Gasteiger charge is -2.21. The molecular formula is C24H23F3N2O3S. The van der Waals surface area contributed by atoms with E-state index in [2.05, 4.69) is 0 Å². The van der Waals surface area contributed by atoms with Gasteiger partial charge in [0.2, 0.25) is 0 Å². The Kier molecular flexibility index (Phi) is 6.83. The average molecular weight is 477 g/mol. The van der Waals surface area contributed by atoms with Crippen molar-refractivity contribution in [2.75, 3.05) is 18.4 Å². The van der Waals surface area contributed by atoms with Crippen LogP contribution in [0.15, 0.2) is 77.7 Å². The molecule has 0 bridgehead atoms. The minimum atomic E-state index is -4.43. The second kappa shape index (κ2) is 9.27. The van der Waals surface area contributed by atoms with Gasteiger partial charge in [-0.25, -0.2) is 8.42 Å². The van der Waals surface area contributed by atoms with Crippen molar-refractivity contribution in [2.24, 2.45) is 0 Å². The molecule has 0 fully saturated rings. The number of anilines is 1. The van der Waals surface area contributed by atoms with Gasteiger partial charge in [-0.3, -0.25) is 9.10 Å². The van der Waals surface area contributed by atoms with Crippen molar-refractivity contribution < 1.29 is 26.4 Å². The molecule has 33 heavy (non-hydrogen) atoms. The topological polar surface area (TPSA) is 57.7 Å². The van der Waals surface area contributed by atoms with Crippen molar-refractivity contribution in [2.45, 2.75) is 24.5 Å². The fourth-order valence-corrected chi connectivity index (χ4v) is 4.45. The van der Waals surface area contributed by atoms with Gasteiger partial charge in [0.05, 0.1) is 16.1 Å². The number of halogens is 3. The Morgan fingerprint density at radius 1 is 0.909 bits per heavy atom. The summed E-state index contributed by atoms with van der Waals surface area (Å²) in [6, 6.07) is 17.2. The summed E-state index contributed by atoms with van der Waals surface area (Å²) in [4.78, 5) is 14.1. The first-order valence-corrected chi connectivity index (χ1v) is 11.4. The molecule has 0 aliphatic heterocycles. The van der Waals surface area contributed by atoms with E-state index in [-0.39, 0.29) is 17.0 Å². The molecule has 0 aliphatic rings. The molecule has 0 saturated heterocycles. The summed E-state index contributed by atoms with van der Waals surface area (Å²) in [5.41, 5.74) is 1.38. The summed E-state index contributed by atoms with van der Waals surface area (Å²) in [6.07, 6.45) is -4.43. The minimum Gasteiger partial charge on any atom is -0.337 e. The zero-order chi connectivity index (χ0) is 24.4. The Hall–Kier alpha value is -3.33. The third-order valence-electron chi connectivity index (χ3n) is 5.18. The molecule has 0 saturated carbocycles. The molecule has 174 valence electrons. The number of hydrogen-bond donors (Lipinski definition) is 0. The maximum Gasteiger partial charge on any atom is 0.416 e. The number of sulfonamides is 1. The highest BCUT2D eigenvalue weighted by Crippen LogP contribution is 2.29. The second-order valence-electron chi connectivity index (χ2n) is 7.69. The molecule has 0 atom stereocenters. The van der Waals surface area contributed by atoms with Crippen LogP contribution in [0.1, 0.15) is 27.0 Å². The Labute approximate surface area is 191 Å². The number of carbonyl (C=O) groups excluding carboxylic acids is 1. The standard InChI is InChI=1S/C24H23F3N2O3S/c1-17-7-13-21(14-8-17)29(3)33(31,32)22-6-4-5-19(15-22)23(30)28(2)16-18-9-11-20(12-10-18)24(25,26)27/h4-15H,16H2,1-3H3. The molecule has 9 heteroatoms. The summed E-state index contributed by atoms with van der Waals surface area (Å²) in [7, 11) is -0.973. The number of rotatable bonds is 6. The molecule has 5 nitrogen and oxygen atoms in total. The second-order valence-corrected chi connectivity index (χ2v) is 9.66. The number of amides is 1. The maximum absolute atomic E-state index is 13.1. The number of aryl methyl sites for hydroxylation is 1. The lowest BCUT2D eigenvalue weighted by Crippen LogP contribution is -2.28. The third kappa shape index (κ3) is 5.54. The predicted octanol–water partition coefficient (Wildman–Crippen LogP) is 5.11. The fraction of sp³-hybridized carbons (Fsp3) is 0.208. The van der Waals surface area contributed by atoms with Gasteiger partial charge in [-0.1, -0.05) is 35.9 Å². The van der Waals surface area contributed by atoms with E-state index in [1.54, 1.807) is 24.3 Å². The van der Waals surface area contributed by atoms with Gasteiger partial charge < -0.3 is 4.90 Å². The minimum absolute atomic E-state index is 0.0423. The smallest absolute Gasteiger partial charge is 0.337 e.